The zero-order valence-corrected chi connectivity index (χ0v) is 6.53. The van der Waals surface area contributed by atoms with Gasteiger partial charge in [0.15, 0.2) is 0 Å². The van der Waals surface area contributed by atoms with Gasteiger partial charge in [-0.1, -0.05) is 6.07 Å². The van der Waals surface area contributed by atoms with Crippen LogP contribution in [0.25, 0.3) is 0 Å². The maximum atomic E-state index is 12.8. The molecule has 0 atom stereocenters. The van der Waals surface area contributed by atoms with E-state index in [2.05, 4.69) is 0 Å². The van der Waals surface area contributed by atoms with Crippen molar-refractivity contribution in [3.05, 3.63) is 35.1 Å². The Balaban J connectivity index is 3.13. The SMILES string of the molecule is NCc1ccc(C(F)(F)F)c(F)c1. The highest BCUT2D eigenvalue weighted by Crippen LogP contribution is 2.31. The summed E-state index contributed by atoms with van der Waals surface area (Å²) in [5.41, 5.74) is 4.21. The normalized spacial score (nSPS) is 11.8. The van der Waals surface area contributed by atoms with E-state index in [4.69, 9.17) is 5.73 Å². The van der Waals surface area contributed by atoms with Crippen molar-refractivity contribution in [2.75, 3.05) is 0 Å². The van der Waals surface area contributed by atoms with Crippen molar-refractivity contribution in [3.63, 3.8) is 0 Å². The first-order chi connectivity index (χ1) is 5.95. The van der Waals surface area contributed by atoms with Crippen LogP contribution in [-0.4, -0.2) is 0 Å². The Hall–Kier alpha value is -1.10. The lowest BCUT2D eigenvalue weighted by molar-refractivity contribution is -0.140. The first-order valence-corrected chi connectivity index (χ1v) is 3.51. The predicted octanol–water partition coefficient (Wildman–Crippen LogP) is 2.30. The van der Waals surface area contributed by atoms with E-state index in [1.54, 1.807) is 0 Å². The molecule has 0 unspecified atom stereocenters. The quantitative estimate of drug-likeness (QED) is 0.680. The van der Waals surface area contributed by atoms with Crippen LogP contribution in [0.15, 0.2) is 18.2 Å². The summed E-state index contributed by atoms with van der Waals surface area (Å²) in [7, 11) is 0. The molecule has 0 aliphatic rings. The molecule has 1 rings (SSSR count). The van der Waals surface area contributed by atoms with Crippen molar-refractivity contribution in [1.82, 2.24) is 0 Å². The summed E-state index contributed by atoms with van der Waals surface area (Å²) >= 11 is 0. The van der Waals surface area contributed by atoms with Gasteiger partial charge >= 0.3 is 6.18 Å². The fourth-order valence-corrected chi connectivity index (χ4v) is 0.915. The molecule has 0 saturated heterocycles. The van der Waals surface area contributed by atoms with Crippen LogP contribution in [0.4, 0.5) is 17.6 Å². The van der Waals surface area contributed by atoms with Gasteiger partial charge in [0.05, 0.1) is 5.56 Å². The molecule has 5 heteroatoms. The minimum Gasteiger partial charge on any atom is -0.326 e. The first-order valence-electron chi connectivity index (χ1n) is 3.51. The van der Waals surface area contributed by atoms with Gasteiger partial charge in [0.25, 0.3) is 0 Å². The Bertz CT molecular complexity index is 306. The molecule has 72 valence electrons. The van der Waals surface area contributed by atoms with E-state index in [-0.39, 0.29) is 6.54 Å². The van der Waals surface area contributed by atoms with Crippen LogP contribution in [0.1, 0.15) is 11.1 Å². The number of hydrogen-bond donors (Lipinski definition) is 1. The van der Waals surface area contributed by atoms with E-state index in [0.29, 0.717) is 11.6 Å². The highest BCUT2D eigenvalue weighted by molar-refractivity contribution is 5.26. The van der Waals surface area contributed by atoms with Gasteiger partial charge in [-0.25, -0.2) is 4.39 Å². The van der Waals surface area contributed by atoms with Crippen molar-refractivity contribution in [2.45, 2.75) is 12.7 Å². The highest BCUT2D eigenvalue weighted by atomic mass is 19.4. The largest absolute Gasteiger partial charge is 0.419 e. The summed E-state index contributed by atoms with van der Waals surface area (Å²) in [5, 5.41) is 0. The molecular formula is C8H7F4N. The average Bonchev–Trinajstić information content (AvgIpc) is 2.01. The van der Waals surface area contributed by atoms with E-state index in [1.165, 1.54) is 0 Å². The molecule has 0 saturated carbocycles. The van der Waals surface area contributed by atoms with E-state index in [1.807, 2.05) is 0 Å². The minimum atomic E-state index is -4.64. The van der Waals surface area contributed by atoms with Gasteiger partial charge in [0.2, 0.25) is 0 Å². The van der Waals surface area contributed by atoms with Crippen molar-refractivity contribution < 1.29 is 17.6 Å². The molecular weight excluding hydrogens is 186 g/mol. The molecule has 0 aliphatic heterocycles. The number of benzene rings is 1. The van der Waals surface area contributed by atoms with Crippen molar-refractivity contribution in [3.8, 4) is 0 Å². The molecule has 0 fully saturated rings. The van der Waals surface area contributed by atoms with Crippen molar-refractivity contribution in [2.24, 2.45) is 5.73 Å². The fourth-order valence-electron chi connectivity index (χ4n) is 0.915. The highest BCUT2D eigenvalue weighted by Gasteiger charge is 2.33. The third kappa shape index (κ3) is 2.18. The number of halogens is 4. The molecule has 0 heterocycles. The van der Waals surface area contributed by atoms with Crippen molar-refractivity contribution in [1.29, 1.82) is 0 Å². The number of nitrogens with two attached hydrogens (primary N) is 1. The summed E-state index contributed by atoms with van der Waals surface area (Å²) in [4.78, 5) is 0. The molecule has 0 bridgehead atoms. The molecule has 0 aliphatic carbocycles. The van der Waals surface area contributed by atoms with Gasteiger partial charge in [0, 0.05) is 6.54 Å². The van der Waals surface area contributed by atoms with Crippen LogP contribution in [-0.2, 0) is 12.7 Å². The number of alkyl halides is 3. The van der Waals surface area contributed by atoms with Gasteiger partial charge in [-0.15, -0.1) is 0 Å². The van der Waals surface area contributed by atoms with Crippen LogP contribution in [0.5, 0.6) is 0 Å². The standard InChI is InChI=1S/C8H7F4N/c9-7-3-5(4-13)1-2-6(7)8(10,11)12/h1-3H,4,13H2. The average molecular weight is 193 g/mol. The topological polar surface area (TPSA) is 26.0 Å². The maximum absolute atomic E-state index is 12.8. The molecule has 0 aromatic heterocycles. The molecule has 1 nitrogen and oxygen atoms in total. The summed E-state index contributed by atoms with van der Waals surface area (Å²) in [6.45, 7) is 0.0229. The van der Waals surface area contributed by atoms with E-state index in [9.17, 15) is 17.6 Å². The van der Waals surface area contributed by atoms with Gasteiger partial charge in [-0.2, -0.15) is 13.2 Å². The lowest BCUT2D eigenvalue weighted by Crippen LogP contribution is -2.09. The van der Waals surface area contributed by atoms with Gasteiger partial charge in [-0.3, -0.25) is 0 Å². The van der Waals surface area contributed by atoms with Crippen LogP contribution < -0.4 is 5.73 Å². The second-order valence-corrected chi connectivity index (χ2v) is 2.52. The Morgan fingerprint density at radius 3 is 2.23 bits per heavy atom. The third-order valence-electron chi connectivity index (χ3n) is 1.57. The second-order valence-electron chi connectivity index (χ2n) is 2.52. The maximum Gasteiger partial charge on any atom is 0.419 e. The van der Waals surface area contributed by atoms with E-state index < -0.39 is 17.6 Å². The lowest BCUT2D eigenvalue weighted by Gasteiger charge is -2.08. The lowest BCUT2D eigenvalue weighted by atomic mass is 10.1. The smallest absolute Gasteiger partial charge is 0.326 e. The van der Waals surface area contributed by atoms with Crippen molar-refractivity contribution >= 4 is 0 Å². The number of rotatable bonds is 1. The second kappa shape index (κ2) is 3.33. The molecule has 2 N–H and O–H groups in total. The fraction of sp³-hybridized carbons (Fsp3) is 0.250. The predicted molar refractivity (Wildman–Crippen MR) is 39.3 cm³/mol. The zero-order chi connectivity index (χ0) is 10.1. The molecule has 0 spiro atoms. The monoisotopic (exact) mass is 193 g/mol. The molecule has 13 heavy (non-hydrogen) atoms. The van der Waals surface area contributed by atoms with Crippen LogP contribution in [0, 0.1) is 5.82 Å². The summed E-state index contributed by atoms with van der Waals surface area (Å²) in [6.07, 6.45) is -4.64. The van der Waals surface area contributed by atoms with Gasteiger partial charge < -0.3 is 5.73 Å². The first kappa shape index (κ1) is 9.98. The molecule has 1 aromatic rings. The summed E-state index contributed by atoms with van der Waals surface area (Å²) < 4.78 is 48.8. The van der Waals surface area contributed by atoms with Crippen LogP contribution in [0.3, 0.4) is 0 Å². The van der Waals surface area contributed by atoms with Gasteiger partial charge in [-0.05, 0) is 17.7 Å². The number of hydrogen-bond acceptors (Lipinski definition) is 1. The summed E-state index contributed by atoms with van der Waals surface area (Å²) in [6, 6.07) is 2.65. The van der Waals surface area contributed by atoms with E-state index >= 15 is 0 Å². The Morgan fingerprint density at radius 1 is 1.23 bits per heavy atom. The van der Waals surface area contributed by atoms with Crippen LogP contribution in [0.2, 0.25) is 0 Å². The molecule has 1 aromatic carbocycles. The van der Waals surface area contributed by atoms with Crippen LogP contribution >= 0.6 is 0 Å². The summed E-state index contributed by atoms with van der Waals surface area (Å²) in [5.74, 6) is -1.28. The molecule has 0 radical (unpaired) electrons. The minimum absolute atomic E-state index is 0.0229. The third-order valence-corrected chi connectivity index (χ3v) is 1.57. The molecule has 0 amide bonds. The van der Waals surface area contributed by atoms with E-state index in [0.717, 1.165) is 12.1 Å². The van der Waals surface area contributed by atoms with Gasteiger partial charge in [0.1, 0.15) is 5.82 Å². The Kier molecular flexibility index (Phi) is 2.56. The Morgan fingerprint density at radius 2 is 1.85 bits per heavy atom. The Labute approximate surface area is 72.2 Å². The zero-order valence-electron chi connectivity index (χ0n) is 6.53.